The van der Waals surface area contributed by atoms with Crippen LogP contribution in [0.4, 0.5) is 5.82 Å². The van der Waals surface area contributed by atoms with Crippen molar-refractivity contribution >= 4 is 39.9 Å². The number of esters is 1. The molecule has 1 aliphatic heterocycles. The lowest BCUT2D eigenvalue weighted by molar-refractivity contribution is -0.140. The molecule has 2 aromatic rings. The Hall–Kier alpha value is -2.22. The zero-order valence-electron chi connectivity index (χ0n) is 15.4. The van der Waals surface area contributed by atoms with Gasteiger partial charge in [0.05, 0.1) is 24.4 Å². The van der Waals surface area contributed by atoms with Gasteiger partial charge in [-0.25, -0.2) is 9.97 Å². The van der Waals surface area contributed by atoms with Gasteiger partial charge in [-0.05, 0) is 25.7 Å². The van der Waals surface area contributed by atoms with Gasteiger partial charge in [0.15, 0.2) is 0 Å². The Kier molecular flexibility index (Phi) is 5.70. The van der Waals surface area contributed by atoms with Gasteiger partial charge in [-0.1, -0.05) is 6.92 Å². The van der Waals surface area contributed by atoms with Crippen LogP contribution in [0.5, 0.6) is 0 Å². The topological polar surface area (TPSA) is 84.4 Å². The predicted molar refractivity (Wildman–Crippen MR) is 102 cm³/mol. The van der Waals surface area contributed by atoms with Crippen LogP contribution in [0.3, 0.4) is 0 Å². The summed E-state index contributed by atoms with van der Waals surface area (Å²) in [6.45, 7) is 6.40. The monoisotopic (exact) mass is 376 g/mol. The number of carbonyl (C=O) groups excluding carboxylic acids is 2. The quantitative estimate of drug-likeness (QED) is 0.807. The molecule has 1 N–H and O–H groups in total. The number of carbonyl (C=O) groups is 2. The smallest absolute Gasteiger partial charge is 0.307 e. The fourth-order valence-electron chi connectivity index (χ4n) is 3.10. The molecule has 26 heavy (non-hydrogen) atoms. The molecule has 1 amide bonds. The number of hydrogen-bond acceptors (Lipinski definition) is 7. The molecule has 1 aliphatic rings. The van der Waals surface area contributed by atoms with Crippen LogP contribution in [0.15, 0.2) is 5.38 Å². The van der Waals surface area contributed by atoms with Crippen molar-refractivity contribution in [1.82, 2.24) is 15.3 Å². The van der Waals surface area contributed by atoms with Gasteiger partial charge in [0.1, 0.15) is 5.82 Å². The highest BCUT2D eigenvalue weighted by molar-refractivity contribution is 7.11. The van der Waals surface area contributed by atoms with Crippen LogP contribution in [0.25, 0.3) is 10.9 Å². The van der Waals surface area contributed by atoms with Crippen molar-refractivity contribution < 1.29 is 14.3 Å². The maximum atomic E-state index is 12.4. The molecule has 0 unspecified atom stereocenters. The highest BCUT2D eigenvalue weighted by atomic mass is 32.1. The number of aryl methyl sites for hydroxylation is 1. The summed E-state index contributed by atoms with van der Waals surface area (Å²) >= 11 is 1.62. The average Bonchev–Trinajstić information content (AvgIpc) is 3.02. The molecular weight excluding hydrogens is 352 g/mol. The van der Waals surface area contributed by atoms with Crippen molar-refractivity contribution in [3.05, 3.63) is 16.1 Å². The second-order valence-corrected chi connectivity index (χ2v) is 7.76. The number of fused-ring (bicyclic) bond motifs is 1. The molecule has 0 aliphatic carbocycles. The van der Waals surface area contributed by atoms with Crippen LogP contribution >= 0.6 is 11.3 Å². The Bertz CT molecular complexity index is 812. The zero-order chi connectivity index (χ0) is 18.7. The lowest BCUT2D eigenvalue weighted by atomic mass is 9.99. The number of amides is 1. The van der Waals surface area contributed by atoms with Gasteiger partial charge in [-0.15, -0.1) is 11.3 Å². The van der Waals surface area contributed by atoms with Crippen molar-refractivity contribution in [2.75, 3.05) is 31.6 Å². The molecule has 0 aromatic carbocycles. The molecule has 0 radical (unpaired) electrons. The number of piperidine rings is 1. The van der Waals surface area contributed by atoms with Crippen LogP contribution in [-0.2, 0) is 9.53 Å². The number of anilines is 1. The van der Waals surface area contributed by atoms with E-state index in [4.69, 9.17) is 0 Å². The van der Waals surface area contributed by atoms with Crippen LogP contribution in [0.2, 0.25) is 0 Å². The lowest BCUT2D eigenvalue weighted by Gasteiger charge is -2.31. The zero-order valence-corrected chi connectivity index (χ0v) is 16.2. The van der Waals surface area contributed by atoms with Gasteiger partial charge < -0.3 is 15.0 Å². The summed E-state index contributed by atoms with van der Waals surface area (Å²) in [5.41, 5.74) is 0.800. The Balaban J connectivity index is 1.85. The van der Waals surface area contributed by atoms with Crippen LogP contribution in [0.1, 0.15) is 41.7 Å². The highest BCUT2D eigenvalue weighted by Crippen LogP contribution is 2.33. The van der Waals surface area contributed by atoms with Crippen molar-refractivity contribution in [3.8, 4) is 0 Å². The van der Waals surface area contributed by atoms with E-state index >= 15 is 0 Å². The Morgan fingerprint density at radius 2 is 2.08 bits per heavy atom. The van der Waals surface area contributed by atoms with E-state index in [9.17, 15) is 9.59 Å². The summed E-state index contributed by atoms with van der Waals surface area (Å²) in [4.78, 5) is 36.1. The van der Waals surface area contributed by atoms with E-state index in [-0.39, 0.29) is 30.7 Å². The fraction of sp³-hybridized carbons (Fsp3) is 0.556. The summed E-state index contributed by atoms with van der Waals surface area (Å²) < 4.78 is 4.58. The maximum Gasteiger partial charge on any atom is 0.307 e. The largest absolute Gasteiger partial charge is 0.469 e. The standard InChI is InChI=1S/C18H24N4O3S/c1-11-5-8-22(9-6-11)17-15-12(2)26-10-13(15)20-16(21-17)18(24)19-7-4-14(23)25-3/h10-11H,4-9H2,1-3H3,(H,19,24). The molecule has 140 valence electrons. The van der Waals surface area contributed by atoms with Crippen molar-refractivity contribution in [1.29, 1.82) is 0 Å². The van der Waals surface area contributed by atoms with Gasteiger partial charge >= 0.3 is 5.97 Å². The molecule has 1 saturated heterocycles. The molecule has 3 heterocycles. The van der Waals surface area contributed by atoms with Crippen LogP contribution in [-0.4, -0.2) is 48.6 Å². The van der Waals surface area contributed by atoms with Crippen molar-refractivity contribution in [2.45, 2.75) is 33.1 Å². The van der Waals surface area contributed by atoms with Crippen LogP contribution < -0.4 is 10.2 Å². The molecule has 0 saturated carbocycles. The third kappa shape index (κ3) is 3.95. The maximum absolute atomic E-state index is 12.4. The molecule has 3 rings (SSSR count). The SMILES string of the molecule is COC(=O)CCNC(=O)c1nc(N2CCC(C)CC2)c2c(C)scc2n1. The van der Waals surface area contributed by atoms with E-state index in [0.717, 1.165) is 47.5 Å². The van der Waals surface area contributed by atoms with E-state index in [1.54, 1.807) is 11.3 Å². The number of rotatable bonds is 5. The number of thiophene rings is 1. The number of hydrogen-bond donors (Lipinski definition) is 1. The first-order chi connectivity index (χ1) is 12.5. The average molecular weight is 376 g/mol. The predicted octanol–water partition coefficient (Wildman–Crippen LogP) is 2.53. The first-order valence-electron chi connectivity index (χ1n) is 8.85. The normalized spacial score (nSPS) is 15.3. The van der Waals surface area contributed by atoms with Crippen LogP contribution in [0, 0.1) is 12.8 Å². The molecule has 1 fully saturated rings. The molecule has 8 heteroatoms. The fourth-order valence-corrected chi connectivity index (χ4v) is 3.87. The van der Waals surface area contributed by atoms with E-state index in [1.165, 1.54) is 7.11 Å². The number of ether oxygens (including phenoxy) is 1. The Morgan fingerprint density at radius 1 is 1.35 bits per heavy atom. The number of nitrogens with one attached hydrogen (secondary N) is 1. The van der Waals surface area contributed by atoms with Crippen molar-refractivity contribution in [3.63, 3.8) is 0 Å². The molecule has 0 spiro atoms. The summed E-state index contributed by atoms with van der Waals surface area (Å²) in [7, 11) is 1.33. The molecular formula is C18H24N4O3S. The van der Waals surface area contributed by atoms with Gasteiger partial charge in [-0.2, -0.15) is 0 Å². The minimum absolute atomic E-state index is 0.124. The minimum atomic E-state index is -0.369. The van der Waals surface area contributed by atoms with E-state index in [1.807, 2.05) is 5.38 Å². The highest BCUT2D eigenvalue weighted by Gasteiger charge is 2.23. The summed E-state index contributed by atoms with van der Waals surface area (Å²) in [5.74, 6) is 0.977. The number of nitrogens with zero attached hydrogens (tertiary/aromatic N) is 3. The summed E-state index contributed by atoms with van der Waals surface area (Å²) in [5, 5.41) is 5.70. The molecule has 2 aromatic heterocycles. The van der Waals surface area contributed by atoms with E-state index in [2.05, 4.69) is 38.8 Å². The number of aromatic nitrogens is 2. The van der Waals surface area contributed by atoms with Gasteiger partial charge in [0.2, 0.25) is 5.82 Å². The van der Waals surface area contributed by atoms with Crippen molar-refractivity contribution in [2.24, 2.45) is 5.92 Å². The number of methoxy groups -OCH3 is 1. The molecule has 0 bridgehead atoms. The third-order valence-electron chi connectivity index (χ3n) is 4.75. The third-order valence-corrected chi connectivity index (χ3v) is 5.64. The summed E-state index contributed by atoms with van der Waals surface area (Å²) in [6.07, 6.45) is 2.36. The van der Waals surface area contributed by atoms with Gasteiger partial charge in [0.25, 0.3) is 5.91 Å². The first kappa shape index (κ1) is 18.6. The second kappa shape index (κ2) is 7.99. The lowest BCUT2D eigenvalue weighted by Crippen LogP contribution is -2.34. The second-order valence-electron chi connectivity index (χ2n) is 6.67. The van der Waals surface area contributed by atoms with E-state index < -0.39 is 0 Å². The minimum Gasteiger partial charge on any atom is -0.469 e. The molecule has 0 atom stereocenters. The summed E-state index contributed by atoms with van der Waals surface area (Å²) in [6, 6.07) is 0. The Morgan fingerprint density at radius 3 is 2.77 bits per heavy atom. The first-order valence-corrected chi connectivity index (χ1v) is 9.73. The van der Waals surface area contributed by atoms with Gasteiger partial charge in [0, 0.05) is 29.9 Å². The van der Waals surface area contributed by atoms with Gasteiger partial charge in [-0.3, -0.25) is 9.59 Å². The molecule has 7 nitrogen and oxygen atoms in total. The Labute approximate surface area is 156 Å². The van der Waals surface area contributed by atoms with E-state index in [0.29, 0.717) is 5.92 Å².